The Labute approximate surface area is 134 Å². The standard InChI is InChI=1S/C15H22N2O4S/c1-3-21-8-4-7-17(14(18)11-5-6-11)9-13-16-12(10-22-13)15(19)20-2/h10-11H,3-9H2,1-2H3. The normalized spacial score (nSPS) is 13.9. The van der Waals surface area contributed by atoms with Crippen molar-refractivity contribution in [1.29, 1.82) is 0 Å². The van der Waals surface area contributed by atoms with E-state index in [4.69, 9.17) is 4.74 Å². The average molecular weight is 326 g/mol. The minimum absolute atomic E-state index is 0.173. The monoisotopic (exact) mass is 326 g/mol. The summed E-state index contributed by atoms with van der Waals surface area (Å²) < 4.78 is 9.98. The van der Waals surface area contributed by atoms with E-state index < -0.39 is 5.97 Å². The lowest BCUT2D eigenvalue weighted by Gasteiger charge is -2.21. The van der Waals surface area contributed by atoms with Gasteiger partial charge in [-0.25, -0.2) is 9.78 Å². The summed E-state index contributed by atoms with van der Waals surface area (Å²) in [6.07, 6.45) is 2.76. The largest absolute Gasteiger partial charge is 0.464 e. The van der Waals surface area contributed by atoms with Gasteiger partial charge in [-0.3, -0.25) is 4.79 Å². The summed E-state index contributed by atoms with van der Waals surface area (Å²) in [5.74, 6) is -0.0858. The molecule has 1 amide bonds. The van der Waals surface area contributed by atoms with Crippen LogP contribution in [0.5, 0.6) is 0 Å². The molecule has 22 heavy (non-hydrogen) atoms. The summed E-state index contributed by atoms with van der Waals surface area (Å²) >= 11 is 1.38. The quantitative estimate of drug-likeness (QED) is 0.513. The summed E-state index contributed by atoms with van der Waals surface area (Å²) in [6, 6.07) is 0. The molecule has 122 valence electrons. The average Bonchev–Trinajstić information content (AvgIpc) is 3.28. The molecule has 7 heteroatoms. The first-order valence-electron chi connectivity index (χ1n) is 7.55. The van der Waals surface area contributed by atoms with E-state index in [2.05, 4.69) is 9.72 Å². The zero-order chi connectivity index (χ0) is 15.9. The number of thiazole rings is 1. The lowest BCUT2D eigenvalue weighted by Crippen LogP contribution is -2.33. The highest BCUT2D eigenvalue weighted by Crippen LogP contribution is 2.31. The molecule has 1 fully saturated rings. The molecule has 0 N–H and O–H groups in total. The third-order valence-corrected chi connectivity index (χ3v) is 4.27. The van der Waals surface area contributed by atoms with Crippen LogP contribution in [-0.4, -0.2) is 48.6 Å². The van der Waals surface area contributed by atoms with Crippen LogP contribution in [-0.2, 0) is 20.8 Å². The van der Waals surface area contributed by atoms with E-state index in [-0.39, 0.29) is 11.8 Å². The van der Waals surface area contributed by atoms with E-state index in [9.17, 15) is 9.59 Å². The predicted octanol–water partition coefficient (Wildman–Crippen LogP) is 2.09. The Bertz CT molecular complexity index is 513. The van der Waals surface area contributed by atoms with Gasteiger partial charge in [-0.2, -0.15) is 0 Å². The molecule has 0 bridgehead atoms. The number of ether oxygens (including phenoxy) is 2. The molecule has 6 nitrogen and oxygen atoms in total. The maximum atomic E-state index is 12.3. The Kier molecular flexibility index (Phi) is 6.33. The van der Waals surface area contributed by atoms with Gasteiger partial charge in [0.05, 0.1) is 13.7 Å². The number of amides is 1. The number of hydrogen-bond acceptors (Lipinski definition) is 6. The fourth-order valence-electron chi connectivity index (χ4n) is 2.10. The third-order valence-electron chi connectivity index (χ3n) is 3.43. The Morgan fingerprint density at radius 1 is 1.45 bits per heavy atom. The van der Waals surface area contributed by atoms with Crippen molar-refractivity contribution in [1.82, 2.24) is 9.88 Å². The first-order valence-corrected chi connectivity index (χ1v) is 8.43. The Morgan fingerprint density at radius 3 is 2.86 bits per heavy atom. The molecule has 1 aromatic heterocycles. The SMILES string of the molecule is CCOCCCN(Cc1nc(C(=O)OC)cs1)C(=O)C1CC1. The van der Waals surface area contributed by atoms with Gasteiger partial charge >= 0.3 is 5.97 Å². The second kappa shape index (κ2) is 8.24. The Morgan fingerprint density at radius 2 is 2.23 bits per heavy atom. The molecule has 0 atom stereocenters. The molecule has 1 aliphatic rings. The maximum absolute atomic E-state index is 12.3. The van der Waals surface area contributed by atoms with Crippen molar-refractivity contribution >= 4 is 23.2 Å². The molecule has 1 heterocycles. The molecule has 0 spiro atoms. The first-order chi connectivity index (χ1) is 10.7. The van der Waals surface area contributed by atoms with Crippen LogP contribution in [0.3, 0.4) is 0 Å². The van der Waals surface area contributed by atoms with Crippen molar-refractivity contribution in [3.05, 3.63) is 16.1 Å². The summed E-state index contributed by atoms with van der Waals surface area (Å²) in [5, 5.41) is 2.42. The lowest BCUT2D eigenvalue weighted by molar-refractivity contribution is -0.133. The smallest absolute Gasteiger partial charge is 0.357 e. The molecule has 2 rings (SSSR count). The molecule has 0 unspecified atom stereocenters. The van der Waals surface area contributed by atoms with Gasteiger partial charge in [-0.15, -0.1) is 11.3 Å². The van der Waals surface area contributed by atoms with Gasteiger partial charge in [0.2, 0.25) is 5.91 Å². The van der Waals surface area contributed by atoms with Crippen LogP contribution in [0.2, 0.25) is 0 Å². The van der Waals surface area contributed by atoms with Gasteiger partial charge in [0.25, 0.3) is 0 Å². The van der Waals surface area contributed by atoms with Gasteiger partial charge in [0.1, 0.15) is 5.01 Å². The fraction of sp³-hybridized carbons (Fsp3) is 0.667. The topological polar surface area (TPSA) is 68.7 Å². The molecular formula is C15H22N2O4S. The number of nitrogens with zero attached hydrogens (tertiary/aromatic N) is 2. The maximum Gasteiger partial charge on any atom is 0.357 e. The highest BCUT2D eigenvalue weighted by Gasteiger charge is 2.33. The Balaban J connectivity index is 1.94. The van der Waals surface area contributed by atoms with E-state index in [0.717, 1.165) is 24.3 Å². The molecule has 1 aliphatic carbocycles. The molecule has 1 aromatic rings. The molecular weight excluding hydrogens is 304 g/mol. The number of hydrogen-bond donors (Lipinski definition) is 0. The molecule has 0 radical (unpaired) electrons. The van der Waals surface area contributed by atoms with E-state index in [1.54, 1.807) is 5.38 Å². The third kappa shape index (κ3) is 4.78. The highest BCUT2D eigenvalue weighted by molar-refractivity contribution is 7.09. The molecule has 1 saturated carbocycles. The summed E-state index contributed by atoms with van der Waals surface area (Å²) in [7, 11) is 1.33. The molecule has 0 aliphatic heterocycles. The van der Waals surface area contributed by atoms with E-state index >= 15 is 0 Å². The van der Waals surface area contributed by atoms with Gasteiger partial charge in [-0.1, -0.05) is 0 Å². The van der Waals surface area contributed by atoms with Crippen LogP contribution < -0.4 is 0 Å². The van der Waals surface area contributed by atoms with Crippen LogP contribution in [0.1, 0.15) is 41.7 Å². The van der Waals surface area contributed by atoms with Crippen LogP contribution in [0.25, 0.3) is 0 Å². The van der Waals surface area contributed by atoms with Gasteiger partial charge < -0.3 is 14.4 Å². The zero-order valence-electron chi connectivity index (χ0n) is 13.0. The second-order valence-electron chi connectivity index (χ2n) is 5.20. The molecule has 0 aromatic carbocycles. The minimum Gasteiger partial charge on any atom is -0.464 e. The van der Waals surface area contributed by atoms with Crippen molar-refractivity contribution in [3.63, 3.8) is 0 Å². The van der Waals surface area contributed by atoms with Crippen molar-refractivity contribution in [3.8, 4) is 0 Å². The lowest BCUT2D eigenvalue weighted by atomic mass is 10.3. The first kappa shape index (κ1) is 16.9. The van der Waals surface area contributed by atoms with Crippen molar-refractivity contribution < 1.29 is 19.1 Å². The number of carbonyl (C=O) groups excluding carboxylic acids is 2. The predicted molar refractivity (Wildman–Crippen MR) is 82.7 cm³/mol. The van der Waals surface area contributed by atoms with Gasteiger partial charge in [0.15, 0.2) is 5.69 Å². The van der Waals surface area contributed by atoms with Crippen LogP contribution in [0.15, 0.2) is 5.38 Å². The summed E-state index contributed by atoms with van der Waals surface area (Å²) in [5.41, 5.74) is 0.302. The summed E-state index contributed by atoms with van der Waals surface area (Å²) in [6.45, 7) is 4.39. The number of rotatable bonds is 9. The number of methoxy groups -OCH3 is 1. The fourth-order valence-corrected chi connectivity index (χ4v) is 2.88. The van der Waals surface area contributed by atoms with Crippen molar-refractivity contribution in [2.75, 3.05) is 26.9 Å². The number of aromatic nitrogens is 1. The van der Waals surface area contributed by atoms with Gasteiger partial charge in [0, 0.05) is 31.1 Å². The van der Waals surface area contributed by atoms with Crippen LogP contribution >= 0.6 is 11.3 Å². The Hall–Kier alpha value is -1.47. The van der Waals surface area contributed by atoms with Gasteiger partial charge in [-0.05, 0) is 26.2 Å². The van der Waals surface area contributed by atoms with Crippen LogP contribution in [0.4, 0.5) is 0 Å². The summed E-state index contributed by atoms with van der Waals surface area (Å²) in [4.78, 5) is 29.9. The van der Waals surface area contributed by atoms with E-state index in [1.165, 1.54) is 18.4 Å². The number of carbonyl (C=O) groups is 2. The van der Waals surface area contributed by atoms with Crippen LogP contribution in [0, 0.1) is 5.92 Å². The number of esters is 1. The molecule has 0 saturated heterocycles. The van der Waals surface area contributed by atoms with E-state index in [0.29, 0.717) is 32.0 Å². The zero-order valence-corrected chi connectivity index (χ0v) is 13.9. The van der Waals surface area contributed by atoms with Crippen molar-refractivity contribution in [2.45, 2.75) is 32.7 Å². The second-order valence-corrected chi connectivity index (χ2v) is 6.15. The highest BCUT2D eigenvalue weighted by atomic mass is 32.1. The van der Waals surface area contributed by atoms with Crippen molar-refractivity contribution in [2.24, 2.45) is 5.92 Å². The van der Waals surface area contributed by atoms with E-state index in [1.807, 2.05) is 11.8 Å². The minimum atomic E-state index is -0.445.